The Morgan fingerprint density at radius 3 is 2.93 bits per heavy atom. The Bertz CT molecular complexity index is 289. The molecule has 0 spiro atoms. The second-order valence-electron chi connectivity index (χ2n) is 3.49. The van der Waals surface area contributed by atoms with Crippen molar-refractivity contribution in [2.45, 2.75) is 26.4 Å². The van der Waals surface area contributed by atoms with Crippen molar-refractivity contribution in [3.05, 3.63) is 35.8 Å². The minimum absolute atomic E-state index is 0.0259. The van der Waals surface area contributed by atoms with E-state index < -0.39 is 0 Å². The van der Waals surface area contributed by atoms with E-state index in [1.54, 1.807) is 0 Å². The van der Waals surface area contributed by atoms with Crippen molar-refractivity contribution in [1.82, 2.24) is 0 Å². The smallest absolute Gasteiger partial charge is 0.160 e. The van der Waals surface area contributed by atoms with Crippen LogP contribution in [0.15, 0.2) is 35.8 Å². The van der Waals surface area contributed by atoms with Gasteiger partial charge in [-0.2, -0.15) is 0 Å². The molecule has 0 saturated carbocycles. The molecule has 1 unspecified atom stereocenters. The van der Waals surface area contributed by atoms with Gasteiger partial charge in [0, 0.05) is 0 Å². The molecule has 0 aliphatic carbocycles. The number of allylic oxidation sites excluding steroid dienone is 3. The molecule has 3 heteroatoms. The highest BCUT2D eigenvalue weighted by molar-refractivity contribution is 5.27. The van der Waals surface area contributed by atoms with Gasteiger partial charge in [-0.05, 0) is 31.9 Å². The van der Waals surface area contributed by atoms with Gasteiger partial charge >= 0.3 is 0 Å². The van der Waals surface area contributed by atoms with Crippen LogP contribution in [0.25, 0.3) is 0 Å². The molecule has 1 aliphatic rings. The number of aliphatic hydroxyl groups is 1. The van der Waals surface area contributed by atoms with Crippen LogP contribution in [0.3, 0.4) is 0 Å². The van der Waals surface area contributed by atoms with Crippen molar-refractivity contribution in [2.75, 3.05) is 13.2 Å². The number of hydrogen-bond donors (Lipinski definition) is 1. The minimum atomic E-state index is -0.261. The first-order chi connectivity index (χ1) is 7.22. The van der Waals surface area contributed by atoms with Gasteiger partial charge in [0.25, 0.3) is 0 Å². The van der Waals surface area contributed by atoms with E-state index in [0.717, 1.165) is 23.5 Å². The fourth-order valence-electron chi connectivity index (χ4n) is 1.43. The van der Waals surface area contributed by atoms with Crippen molar-refractivity contribution >= 4 is 0 Å². The normalized spacial score (nSPS) is 26.9. The predicted molar refractivity (Wildman–Crippen MR) is 59.2 cm³/mol. The summed E-state index contributed by atoms with van der Waals surface area (Å²) in [4.78, 5) is 0. The van der Waals surface area contributed by atoms with E-state index in [9.17, 15) is 0 Å². The molecule has 1 saturated heterocycles. The van der Waals surface area contributed by atoms with Crippen LogP contribution in [-0.2, 0) is 9.47 Å². The SMILES string of the molecule is C=CC/C(C)=C1\OC(CO)CO\C1=C\C. The Morgan fingerprint density at radius 2 is 2.40 bits per heavy atom. The molecule has 0 bridgehead atoms. The van der Waals surface area contributed by atoms with Gasteiger partial charge in [0.05, 0.1) is 6.61 Å². The van der Waals surface area contributed by atoms with Gasteiger partial charge in [-0.15, -0.1) is 6.58 Å². The molecule has 1 aliphatic heterocycles. The lowest BCUT2D eigenvalue weighted by atomic mass is 10.1. The molecule has 0 amide bonds. The topological polar surface area (TPSA) is 38.7 Å². The number of rotatable bonds is 3. The fraction of sp³-hybridized carbons (Fsp3) is 0.500. The summed E-state index contributed by atoms with van der Waals surface area (Å²) in [6.07, 6.45) is 4.19. The molecule has 1 N–H and O–H groups in total. The molecule has 0 radical (unpaired) electrons. The average Bonchev–Trinajstić information content (AvgIpc) is 2.28. The molecule has 1 fully saturated rings. The molecule has 0 aromatic heterocycles. The minimum Gasteiger partial charge on any atom is -0.486 e. The van der Waals surface area contributed by atoms with E-state index in [4.69, 9.17) is 14.6 Å². The Morgan fingerprint density at radius 1 is 1.67 bits per heavy atom. The summed E-state index contributed by atoms with van der Waals surface area (Å²) in [5, 5.41) is 9.01. The molecule has 0 aromatic rings. The maximum Gasteiger partial charge on any atom is 0.160 e. The van der Waals surface area contributed by atoms with Crippen molar-refractivity contribution in [1.29, 1.82) is 0 Å². The van der Waals surface area contributed by atoms with Crippen LogP contribution in [0, 0.1) is 0 Å². The summed E-state index contributed by atoms with van der Waals surface area (Å²) >= 11 is 0. The first kappa shape index (κ1) is 11.9. The molecular formula is C12H18O3. The largest absolute Gasteiger partial charge is 0.486 e. The third-order valence-electron chi connectivity index (χ3n) is 2.24. The fourth-order valence-corrected chi connectivity index (χ4v) is 1.43. The highest BCUT2D eigenvalue weighted by Gasteiger charge is 2.23. The second-order valence-corrected chi connectivity index (χ2v) is 3.49. The van der Waals surface area contributed by atoms with Crippen LogP contribution < -0.4 is 0 Å². The molecule has 1 atom stereocenters. The summed E-state index contributed by atoms with van der Waals surface area (Å²) in [5.74, 6) is 1.49. The van der Waals surface area contributed by atoms with Gasteiger partial charge in [0.15, 0.2) is 17.6 Å². The Labute approximate surface area is 90.7 Å². The molecular weight excluding hydrogens is 192 g/mol. The molecule has 15 heavy (non-hydrogen) atoms. The number of hydrogen-bond acceptors (Lipinski definition) is 3. The maximum absolute atomic E-state index is 9.01. The zero-order chi connectivity index (χ0) is 11.3. The van der Waals surface area contributed by atoms with Gasteiger partial charge in [-0.25, -0.2) is 0 Å². The first-order valence-corrected chi connectivity index (χ1v) is 5.10. The Balaban J connectivity index is 2.88. The van der Waals surface area contributed by atoms with Gasteiger partial charge < -0.3 is 14.6 Å². The number of ether oxygens (including phenoxy) is 2. The van der Waals surface area contributed by atoms with Crippen LogP contribution in [0.2, 0.25) is 0 Å². The predicted octanol–water partition coefficient (Wildman–Crippen LogP) is 2.15. The summed E-state index contributed by atoms with van der Waals surface area (Å²) in [6.45, 7) is 7.94. The average molecular weight is 210 g/mol. The summed E-state index contributed by atoms with van der Waals surface area (Å²) < 4.78 is 11.1. The monoisotopic (exact) mass is 210 g/mol. The standard InChI is InChI=1S/C12H18O3/c1-4-6-9(3)12-11(5-2)14-8-10(7-13)15-12/h4-5,10,13H,1,6-8H2,2-3H3/b11-5+,12-9-. The van der Waals surface area contributed by atoms with E-state index in [1.165, 1.54) is 0 Å². The van der Waals surface area contributed by atoms with Crippen molar-refractivity contribution in [2.24, 2.45) is 0 Å². The van der Waals surface area contributed by atoms with Crippen LogP contribution >= 0.6 is 0 Å². The Hall–Kier alpha value is -1.22. The maximum atomic E-state index is 9.01. The van der Waals surface area contributed by atoms with E-state index in [2.05, 4.69) is 6.58 Å². The third kappa shape index (κ3) is 2.86. The Kier molecular flexibility index (Phi) is 4.43. The molecule has 84 valence electrons. The highest BCUT2D eigenvalue weighted by Crippen LogP contribution is 2.26. The molecule has 3 nitrogen and oxygen atoms in total. The van der Waals surface area contributed by atoms with Gasteiger partial charge in [0.2, 0.25) is 0 Å². The van der Waals surface area contributed by atoms with Gasteiger partial charge in [-0.3, -0.25) is 0 Å². The van der Waals surface area contributed by atoms with Gasteiger partial charge in [0.1, 0.15) is 6.61 Å². The lowest BCUT2D eigenvalue weighted by molar-refractivity contribution is -0.0354. The lowest BCUT2D eigenvalue weighted by Gasteiger charge is -2.28. The first-order valence-electron chi connectivity index (χ1n) is 5.10. The lowest BCUT2D eigenvalue weighted by Crippen LogP contribution is -2.29. The van der Waals surface area contributed by atoms with E-state index in [-0.39, 0.29) is 12.7 Å². The van der Waals surface area contributed by atoms with Crippen molar-refractivity contribution < 1.29 is 14.6 Å². The van der Waals surface area contributed by atoms with Crippen LogP contribution in [0.5, 0.6) is 0 Å². The molecule has 1 rings (SSSR count). The van der Waals surface area contributed by atoms with E-state index in [0.29, 0.717) is 6.61 Å². The zero-order valence-electron chi connectivity index (χ0n) is 9.32. The molecule has 0 aromatic carbocycles. The summed E-state index contributed by atoms with van der Waals surface area (Å²) in [6, 6.07) is 0. The summed E-state index contributed by atoms with van der Waals surface area (Å²) in [5.41, 5.74) is 1.07. The van der Waals surface area contributed by atoms with Crippen molar-refractivity contribution in [3.8, 4) is 0 Å². The summed E-state index contributed by atoms with van der Waals surface area (Å²) in [7, 11) is 0. The van der Waals surface area contributed by atoms with E-state index >= 15 is 0 Å². The third-order valence-corrected chi connectivity index (χ3v) is 2.24. The molecule has 1 heterocycles. The van der Waals surface area contributed by atoms with Crippen molar-refractivity contribution in [3.63, 3.8) is 0 Å². The van der Waals surface area contributed by atoms with Crippen LogP contribution in [0.1, 0.15) is 20.3 Å². The van der Waals surface area contributed by atoms with Crippen LogP contribution in [-0.4, -0.2) is 24.4 Å². The second kappa shape index (κ2) is 5.61. The van der Waals surface area contributed by atoms with E-state index in [1.807, 2.05) is 26.0 Å². The quantitative estimate of drug-likeness (QED) is 0.725. The zero-order valence-corrected chi connectivity index (χ0v) is 9.32. The van der Waals surface area contributed by atoms with Crippen LogP contribution in [0.4, 0.5) is 0 Å². The number of aliphatic hydroxyl groups excluding tert-OH is 1. The highest BCUT2D eigenvalue weighted by atomic mass is 16.6. The van der Waals surface area contributed by atoms with Gasteiger partial charge in [-0.1, -0.05) is 6.08 Å².